The van der Waals surface area contributed by atoms with Gasteiger partial charge in [-0.25, -0.2) is 0 Å². The number of ether oxygens (including phenoxy) is 2. The molecule has 0 bridgehead atoms. The van der Waals surface area contributed by atoms with Gasteiger partial charge in [0.05, 0.1) is 17.9 Å². The number of hydrogen-bond acceptors (Lipinski definition) is 6. The van der Waals surface area contributed by atoms with Crippen molar-refractivity contribution in [1.82, 2.24) is 9.88 Å². The predicted octanol–water partition coefficient (Wildman–Crippen LogP) is 3.88. The number of aliphatic hydroxyl groups is 1. The van der Waals surface area contributed by atoms with Crippen molar-refractivity contribution in [3.8, 4) is 5.75 Å². The fourth-order valence-electron chi connectivity index (χ4n) is 3.71. The van der Waals surface area contributed by atoms with Crippen molar-refractivity contribution in [3.63, 3.8) is 0 Å². The first-order valence-corrected chi connectivity index (χ1v) is 10.8. The van der Waals surface area contributed by atoms with Crippen LogP contribution in [0.25, 0.3) is 5.76 Å². The van der Waals surface area contributed by atoms with Crippen LogP contribution in [0, 0.1) is 12.8 Å². The van der Waals surface area contributed by atoms with Gasteiger partial charge in [0, 0.05) is 32.0 Å². The molecule has 1 N–H and O–H groups in total. The molecule has 7 nitrogen and oxygen atoms in total. The number of methoxy groups -OCH3 is 1. The average molecular weight is 439 g/mol. The molecule has 1 aliphatic rings. The summed E-state index contributed by atoms with van der Waals surface area (Å²) in [6.07, 6.45) is 2.17. The second-order valence-electron chi connectivity index (χ2n) is 8.28. The van der Waals surface area contributed by atoms with Gasteiger partial charge in [-0.05, 0) is 55.2 Å². The van der Waals surface area contributed by atoms with Crippen molar-refractivity contribution in [3.05, 3.63) is 65.0 Å². The van der Waals surface area contributed by atoms with Gasteiger partial charge in [-0.15, -0.1) is 0 Å². The van der Waals surface area contributed by atoms with E-state index in [0.29, 0.717) is 43.4 Å². The number of carbonyl (C=O) groups is 2. The second-order valence-corrected chi connectivity index (χ2v) is 8.28. The van der Waals surface area contributed by atoms with Crippen molar-refractivity contribution >= 4 is 17.4 Å². The van der Waals surface area contributed by atoms with E-state index < -0.39 is 17.7 Å². The third-order valence-electron chi connectivity index (χ3n) is 5.28. The Balaban J connectivity index is 2.03. The molecule has 1 saturated heterocycles. The molecule has 1 unspecified atom stereocenters. The average Bonchev–Trinajstić information content (AvgIpc) is 3.03. The van der Waals surface area contributed by atoms with Gasteiger partial charge in [-0.3, -0.25) is 14.6 Å². The summed E-state index contributed by atoms with van der Waals surface area (Å²) in [5.74, 6) is -0.474. The molecular weight excluding hydrogens is 408 g/mol. The highest BCUT2D eigenvalue weighted by molar-refractivity contribution is 6.46. The number of ketones is 1. The van der Waals surface area contributed by atoms with E-state index in [0.717, 1.165) is 11.3 Å². The van der Waals surface area contributed by atoms with Crippen LogP contribution in [0.15, 0.2) is 48.2 Å². The maximum atomic E-state index is 13.0. The van der Waals surface area contributed by atoms with Crippen LogP contribution in [0.3, 0.4) is 0 Å². The van der Waals surface area contributed by atoms with Crippen LogP contribution in [0.1, 0.15) is 43.1 Å². The van der Waals surface area contributed by atoms with E-state index in [4.69, 9.17) is 9.47 Å². The highest BCUT2D eigenvalue weighted by Gasteiger charge is 2.46. The Morgan fingerprint density at radius 3 is 2.62 bits per heavy atom. The van der Waals surface area contributed by atoms with Crippen LogP contribution < -0.4 is 4.74 Å². The largest absolute Gasteiger partial charge is 0.507 e. The number of nitrogens with zero attached hydrogens (tertiary/aromatic N) is 2. The van der Waals surface area contributed by atoms with Crippen molar-refractivity contribution < 1.29 is 24.2 Å². The number of carbonyl (C=O) groups excluding carboxylic acids is 2. The van der Waals surface area contributed by atoms with Crippen LogP contribution >= 0.6 is 0 Å². The molecule has 170 valence electrons. The smallest absolute Gasteiger partial charge is 0.295 e. The molecule has 1 amide bonds. The Kier molecular flexibility index (Phi) is 7.64. The van der Waals surface area contributed by atoms with Crippen LogP contribution in [0.2, 0.25) is 0 Å². The normalized spacial score (nSPS) is 17.9. The zero-order chi connectivity index (χ0) is 23.3. The lowest BCUT2D eigenvalue weighted by Gasteiger charge is -2.24. The van der Waals surface area contributed by atoms with Crippen LogP contribution in [0.4, 0.5) is 0 Å². The number of hydrogen-bond donors (Lipinski definition) is 1. The van der Waals surface area contributed by atoms with E-state index >= 15 is 0 Å². The van der Waals surface area contributed by atoms with Crippen molar-refractivity contribution in [2.45, 2.75) is 33.2 Å². The number of pyridine rings is 1. The zero-order valence-corrected chi connectivity index (χ0v) is 19.0. The van der Waals surface area contributed by atoms with E-state index in [-0.39, 0.29) is 11.3 Å². The molecule has 2 heterocycles. The highest BCUT2D eigenvalue weighted by atomic mass is 16.5. The Bertz CT molecular complexity index is 1000. The van der Waals surface area contributed by atoms with E-state index in [1.54, 1.807) is 49.7 Å². The SMILES string of the molecule is COCCCN1C(=O)C(=O)/C(=C(\O)c2ccc(OCC(C)C)c(C)c2)C1c1ccccn1. The van der Waals surface area contributed by atoms with Gasteiger partial charge >= 0.3 is 0 Å². The first kappa shape index (κ1) is 23.5. The number of aromatic nitrogens is 1. The molecule has 0 radical (unpaired) electrons. The molecule has 2 aromatic rings. The maximum absolute atomic E-state index is 13.0. The first-order valence-electron chi connectivity index (χ1n) is 10.8. The van der Waals surface area contributed by atoms with Crippen molar-refractivity contribution in [2.24, 2.45) is 5.92 Å². The molecule has 1 fully saturated rings. The summed E-state index contributed by atoms with van der Waals surface area (Å²) >= 11 is 0. The summed E-state index contributed by atoms with van der Waals surface area (Å²) in [4.78, 5) is 31.7. The van der Waals surface area contributed by atoms with Crippen LogP contribution in [-0.4, -0.2) is 53.5 Å². The number of Topliss-reactive ketones (excluding diaryl/α,β-unsaturated/α-hetero) is 1. The van der Waals surface area contributed by atoms with E-state index in [2.05, 4.69) is 18.8 Å². The lowest BCUT2D eigenvalue weighted by Crippen LogP contribution is -2.31. The Hall–Kier alpha value is -3.19. The fourth-order valence-corrected chi connectivity index (χ4v) is 3.71. The molecule has 1 aromatic heterocycles. The molecule has 0 aliphatic carbocycles. The summed E-state index contributed by atoms with van der Waals surface area (Å²) < 4.78 is 10.9. The van der Waals surface area contributed by atoms with Gasteiger partial charge in [0.2, 0.25) is 0 Å². The van der Waals surface area contributed by atoms with Crippen molar-refractivity contribution in [2.75, 3.05) is 26.9 Å². The quantitative estimate of drug-likeness (QED) is 0.277. The standard InChI is InChI=1S/C25H30N2O5/c1-16(2)15-32-20-10-9-18(14-17(20)3)23(28)21-22(19-8-5-6-11-26-19)27(12-7-13-31-4)25(30)24(21)29/h5-6,8-11,14,16,22,28H,7,12-13,15H2,1-4H3/b23-21-. The molecule has 0 spiro atoms. The molecule has 32 heavy (non-hydrogen) atoms. The minimum Gasteiger partial charge on any atom is -0.507 e. The van der Waals surface area contributed by atoms with E-state index in [9.17, 15) is 14.7 Å². The predicted molar refractivity (Wildman–Crippen MR) is 121 cm³/mol. The van der Waals surface area contributed by atoms with Gasteiger partial charge in [0.25, 0.3) is 11.7 Å². The number of amides is 1. The number of benzene rings is 1. The summed E-state index contributed by atoms with van der Waals surface area (Å²) in [7, 11) is 1.58. The van der Waals surface area contributed by atoms with Crippen molar-refractivity contribution in [1.29, 1.82) is 0 Å². The number of aliphatic hydroxyl groups excluding tert-OH is 1. The fraction of sp³-hybridized carbons (Fsp3) is 0.400. The van der Waals surface area contributed by atoms with Gasteiger partial charge in [-0.2, -0.15) is 0 Å². The number of likely N-dealkylation sites (tertiary alicyclic amines) is 1. The van der Waals surface area contributed by atoms with Gasteiger partial charge in [-0.1, -0.05) is 19.9 Å². The summed E-state index contributed by atoms with van der Waals surface area (Å²) in [5.41, 5.74) is 1.86. The van der Waals surface area contributed by atoms with Gasteiger partial charge in [0.15, 0.2) is 0 Å². The van der Waals surface area contributed by atoms with Crippen LogP contribution in [0.5, 0.6) is 5.75 Å². The summed E-state index contributed by atoms with van der Waals surface area (Å²) in [6.45, 7) is 7.37. The van der Waals surface area contributed by atoms with E-state index in [1.807, 2.05) is 6.92 Å². The minimum absolute atomic E-state index is 0.0429. The van der Waals surface area contributed by atoms with E-state index in [1.165, 1.54) is 4.90 Å². The third kappa shape index (κ3) is 4.99. The molecule has 0 saturated carbocycles. The number of aryl methyl sites for hydroxylation is 1. The summed E-state index contributed by atoms with van der Waals surface area (Å²) in [5, 5.41) is 11.1. The lowest BCUT2D eigenvalue weighted by atomic mass is 9.97. The Labute approximate surface area is 188 Å². The Morgan fingerprint density at radius 2 is 2.00 bits per heavy atom. The van der Waals surface area contributed by atoms with Gasteiger partial charge < -0.3 is 19.5 Å². The molecular formula is C25H30N2O5. The van der Waals surface area contributed by atoms with Gasteiger partial charge in [0.1, 0.15) is 17.6 Å². The number of rotatable bonds is 9. The molecule has 3 rings (SSSR count). The second kappa shape index (κ2) is 10.4. The van der Waals surface area contributed by atoms with Crippen LogP contribution in [-0.2, 0) is 14.3 Å². The lowest BCUT2D eigenvalue weighted by molar-refractivity contribution is -0.140. The third-order valence-corrected chi connectivity index (χ3v) is 5.28. The first-order chi connectivity index (χ1) is 15.3. The molecule has 1 atom stereocenters. The minimum atomic E-state index is -0.759. The molecule has 7 heteroatoms. The molecule has 1 aromatic carbocycles. The topological polar surface area (TPSA) is 89.0 Å². The Morgan fingerprint density at radius 1 is 1.22 bits per heavy atom. The monoisotopic (exact) mass is 438 g/mol. The maximum Gasteiger partial charge on any atom is 0.295 e. The molecule has 1 aliphatic heterocycles. The highest BCUT2D eigenvalue weighted by Crippen LogP contribution is 2.39. The summed E-state index contributed by atoms with van der Waals surface area (Å²) in [6, 6.07) is 9.79. The zero-order valence-electron chi connectivity index (χ0n) is 19.0.